The molecule has 2 fully saturated rings. The van der Waals surface area contributed by atoms with Crippen LogP contribution in [0.1, 0.15) is 11.7 Å². The van der Waals surface area contributed by atoms with Gasteiger partial charge in [0.25, 0.3) is 5.56 Å². The molecule has 0 aliphatic carbocycles. The summed E-state index contributed by atoms with van der Waals surface area (Å²) in [4.78, 5) is 25.4. The van der Waals surface area contributed by atoms with Gasteiger partial charge < -0.3 is 19.3 Å². The largest absolute Gasteiger partial charge is 0.378 e. The second-order valence-electron chi connectivity index (χ2n) is 8.19. The van der Waals surface area contributed by atoms with Crippen molar-refractivity contribution in [2.75, 3.05) is 55.8 Å². The predicted octanol–water partition coefficient (Wildman–Crippen LogP) is 2.40. The number of morpholine rings is 2. The van der Waals surface area contributed by atoms with Gasteiger partial charge >= 0.3 is 0 Å². The van der Waals surface area contributed by atoms with Crippen LogP contribution in [-0.2, 0) is 16.5 Å². The minimum atomic E-state index is -0.510. The lowest BCUT2D eigenvalue weighted by atomic mass is 10.1. The average molecular weight is 452 g/mol. The summed E-state index contributed by atoms with van der Waals surface area (Å²) < 4.78 is 27.2. The van der Waals surface area contributed by atoms with E-state index in [1.807, 2.05) is 4.90 Å². The molecule has 0 radical (unpaired) electrons. The summed E-state index contributed by atoms with van der Waals surface area (Å²) in [6.45, 7) is 4.90. The summed E-state index contributed by atoms with van der Waals surface area (Å²) >= 11 is 0. The van der Waals surface area contributed by atoms with E-state index in [-0.39, 0.29) is 17.2 Å². The molecule has 2 aliphatic rings. The molecule has 4 heterocycles. The molecule has 1 aromatic carbocycles. The molecule has 9 heteroatoms. The highest BCUT2D eigenvalue weighted by atomic mass is 19.1. The third-order valence-corrected chi connectivity index (χ3v) is 6.15. The molecule has 0 bridgehead atoms. The van der Waals surface area contributed by atoms with Gasteiger partial charge in [0.1, 0.15) is 6.10 Å². The zero-order valence-corrected chi connectivity index (χ0v) is 18.5. The van der Waals surface area contributed by atoms with E-state index in [2.05, 4.69) is 39.1 Å². The Labute approximate surface area is 191 Å². The first-order valence-corrected chi connectivity index (χ1v) is 11.1. The Morgan fingerprint density at radius 3 is 2.55 bits per heavy atom. The molecule has 5 rings (SSSR count). The van der Waals surface area contributed by atoms with Gasteiger partial charge in [-0.1, -0.05) is 12.1 Å². The van der Waals surface area contributed by atoms with Gasteiger partial charge in [-0.25, -0.2) is 9.37 Å². The predicted molar refractivity (Wildman–Crippen MR) is 123 cm³/mol. The molecule has 0 N–H and O–H groups in total. The fraction of sp³-hybridized carbons (Fsp3) is 0.375. The van der Waals surface area contributed by atoms with Crippen LogP contribution in [0.4, 0.5) is 16.0 Å². The van der Waals surface area contributed by atoms with E-state index in [0.29, 0.717) is 31.3 Å². The molecule has 1 atom stereocenters. The van der Waals surface area contributed by atoms with Crippen molar-refractivity contribution in [3.8, 4) is 11.3 Å². The Morgan fingerprint density at radius 1 is 1.03 bits per heavy atom. The summed E-state index contributed by atoms with van der Waals surface area (Å²) in [5.74, 6) is -0.0173. The van der Waals surface area contributed by atoms with Crippen LogP contribution in [0, 0.1) is 5.82 Å². The number of pyridine rings is 1. The first-order valence-electron chi connectivity index (χ1n) is 11.1. The zero-order chi connectivity index (χ0) is 22.8. The fourth-order valence-electron chi connectivity index (χ4n) is 4.29. The van der Waals surface area contributed by atoms with Gasteiger partial charge in [0.2, 0.25) is 5.95 Å². The standard InChI is InChI=1S/C24H26FN5O3/c1-28-23(31)14-21(19-6-7-26-15-20(19)25)27-24(28)30-10-13-33-22(16-30)17-2-4-18(5-3-17)29-8-11-32-12-9-29/h2-7,14-15,22H,8-13,16H2,1H3/t22-/m1/s1. The van der Waals surface area contributed by atoms with E-state index < -0.39 is 5.82 Å². The summed E-state index contributed by atoms with van der Waals surface area (Å²) in [5, 5.41) is 0. The molecule has 2 aliphatic heterocycles. The van der Waals surface area contributed by atoms with Gasteiger partial charge in [0.15, 0.2) is 5.82 Å². The Bertz CT molecular complexity index is 1180. The molecule has 33 heavy (non-hydrogen) atoms. The molecule has 2 saturated heterocycles. The summed E-state index contributed by atoms with van der Waals surface area (Å²) in [6, 6.07) is 11.3. The topological polar surface area (TPSA) is 72.7 Å². The second-order valence-corrected chi connectivity index (χ2v) is 8.19. The molecule has 0 unspecified atom stereocenters. The van der Waals surface area contributed by atoms with Crippen molar-refractivity contribution >= 4 is 11.6 Å². The minimum absolute atomic E-state index is 0.157. The number of aromatic nitrogens is 3. The molecule has 0 amide bonds. The van der Waals surface area contributed by atoms with Crippen LogP contribution in [0.5, 0.6) is 0 Å². The number of hydrogen-bond acceptors (Lipinski definition) is 7. The lowest BCUT2D eigenvalue weighted by Gasteiger charge is -2.35. The highest BCUT2D eigenvalue weighted by Crippen LogP contribution is 2.28. The maximum atomic E-state index is 14.3. The maximum Gasteiger partial charge on any atom is 0.255 e. The van der Waals surface area contributed by atoms with E-state index in [4.69, 9.17) is 9.47 Å². The van der Waals surface area contributed by atoms with Gasteiger partial charge in [0, 0.05) is 50.2 Å². The smallest absolute Gasteiger partial charge is 0.255 e. The van der Waals surface area contributed by atoms with Crippen molar-refractivity contribution in [1.82, 2.24) is 14.5 Å². The summed E-state index contributed by atoms with van der Waals surface area (Å²) in [6.07, 6.45) is 2.46. The second kappa shape index (κ2) is 9.29. The Hall–Kier alpha value is -3.30. The van der Waals surface area contributed by atoms with Crippen molar-refractivity contribution in [2.45, 2.75) is 6.10 Å². The van der Waals surface area contributed by atoms with Crippen LogP contribution < -0.4 is 15.4 Å². The van der Waals surface area contributed by atoms with Gasteiger partial charge in [-0.3, -0.25) is 14.3 Å². The molecule has 2 aromatic heterocycles. The minimum Gasteiger partial charge on any atom is -0.378 e. The van der Waals surface area contributed by atoms with Gasteiger partial charge in [-0.2, -0.15) is 0 Å². The van der Waals surface area contributed by atoms with E-state index in [1.54, 1.807) is 7.05 Å². The van der Waals surface area contributed by atoms with Gasteiger partial charge in [0.05, 0.1) is 38.3 Å². The van der Waals surface area contributed by atoms with E-state index in [9.17, 15) is 9.18 Å². The number of anilines is 2. The van der Waals surface area contributed by atoms with Crippen molar-refractivity contribution in [2.24, 2.45) is 7.05 Å². The lowest BCUT2D eigenvalue weighted by Crippen LogP contribution is -2.41. The van der Waals surface area contributed by atoms with Gasteiger partial charge in [-0.15, -0.1) is 0 Å². The van der Waals surface area contributed by atoms with E-state index in [0.717, 1.165) is 38.1 Å². The summed E-state index contributed by atoms with van der Waals surface area (Å²) in [5.41, 5.74) is 2.55. The third kappa shape index (κ3) is 4.46. The van der Waals surface area contributed by atoms with E-state index >= 15 is 0 Å². The monoisotopic (exact) mass is 451 g/mol. The normalized spacial score (nSPS) is 19.0. The van der Waals surface area contributed by atoms with Crippen molar-refractivity contribution in [1.29, 1.82) is 0 Å². The van der Waals surface area contributed by atoms with Crippen LogP contribution in [0.3, 0.4) is 0 Å². The van der Waals surface area contributed by atoms with Crippen LogP contribution in [0.25, 0.3) is 11.3 Å². The van der Waals surface area contributed by atoms with Crippen LogP contribution in [0.15, 0.2) is 53.6 Å². The Morgan fingerprint density at radius 2 is 1.79 bits per heavy atom. The molecular formula is C24H26FN5O3. The molecule has 0 saturated carbocycles. The number of halogens is 1. The van der Waals surface area contributed by atoms with Crippen molar-refractivity contribution < 1.29 is 13.9 Å². The van der Waals surface area contributed by atoms with Crippen molar-refractivity contribution in [3.05, 3.63) is 70.5 Å². The molecular weight excluding hydrogens is 425 g/mol. The van der Waals surface area contributed by atoms with E-state index in [1.165, 1.54) is 28.6 Å². The number of hydrogen-bond donors (Lipinski definition) is 0. The average Bonchev–Trinajstić information content (AvgIpc) is 2.87. The first-order chi connectivity index (χ1) is 16.1. The summed E-state index contributed by atoms with van der Waals surface area (Å²) in [7, 11) is 1.68. The SMILES string of the molecule is Cn1c(N2CCO[C@@H](c3ccc(N4CCOCC4)cc3)C2)nc(-c2ccncc2F)cc1=O. The first kappa shape index (κ1) is 21.5. The molecule has 8 nitrogen and oxygen atoms in total. The highest BCUT2D eigenvalue weighted by Gasteiger charge is 2.26. The number of nitrogens with zero attached hydrogens (tertiary/aromatic N) is 5. The molecule has 0 spiro atoms. The zero-order valence-electron chi connectivity index (χ0n) is 18.5. The van der Waals surface area contributed by atoms with Crippen LogP contribution in [-0.4, -0.2) is 60.5 Å². The Balaban J connectivity index is 1.39. The van der Waals surface area contributed by atoms with Crippen LogP contribution in [0.2, 0.25) is 0 Å². The molecule has 3 aromatic rings. The highest BCUT2D eigenvalue weighted by molar-refractivity contribution is 5.60. The number of rotatable bonds is 4. The molecule has 172 valence electrons. The number of benzene rings is 1. The van der Waals surface area contributed by atoms with Gasteiger partial charge in [-0.05, 0) is 23.8 Å². The van der Waals surface area contributed by atoms with Crippen LogP contribution >= 0.6 is 0 Å². The third-order valence-electron chi connectivity index (χ3n) is 6.15. The fourth-order valence-corrected chi connectivity index (χ4v) is 4.29. The quantitative estimate of drug-likeness (QED) is 0.603. The van der Waals surface area contributed by atoms with Crippen molar-refractivity contribution in [3.63, 3.8) is 0 Å². The Kier molecular flexibility index (Phi) is 6.06. The number of ether oxygens (including phenoxy) is 2. The maximum absolute atomic E-state index is 14.3. The lowest BCUT2D eigenvalue weighted by molar-refractivity contribution is 0.0390.